The van der Waals surface area contributed by atoms with Crippen molar-refractivity contribution in [3.8, 4) is 5.13 Å². The second-order valence-electron chi connectivity index (χ2n) is 5.06. The standard InChI is InChI=1S/C16H16N4OS/c1-10-5-4-6-17-14(10)19-15(21)13-9-11(2)20(12(13)3)16-18-7-8-22-16/h4-9H,1-3H3,(H,17,19,21). The van der Waals surface area contributed by atoms with Crippen molar-refractivity contribution in [3.63, 3.8) is 0 Å². The summed E-state index contributed by atoms with van der Waals surface area (Å²) >= 11 is 1.54. The summed E-state index contributed by atoms with van der Waals surface area (Å²) in [6, 6.07) is 5.64. The highest BCUT2D eigenvalue weighted by Gasteiger charge is 2.18. The molecule has 22 heavy (non-hydrogen) atoms. The molecule has 0 bridgehead atoms. The molecule has 6 heteroatoms. The van der Waals surface area contributed by atoms with Crippen molar-refractivity contribution in [2.75, 3.05) is 5.32 Å². The van der Waals surface area contributed by atoms with Gasteiger partial charge < -0.3 is 5.32 Å². The number of nitrogens with one attached hydrogen (secondary N) is 1. The Morgan fingerprint density at radius 2 is 2.05 bits per heavy atom. The lowest BCUT2D eigenvalue weighted by atomic mass is 10.2. The Hall–Kier alpha value is -2.47. The molecule has 0 unspecified atom stereocenters. The number of hydrogen-bond donors (Lipinski definition) is 1. The lowest BCUT2D eigenvalue weighted by Gasteiger charge is -2.08. The maximum atomic E-state index is 12.5. The van der Waals surface area contributed by atoms with E-state index in [2.05, 4.69) is 15.3 Å². The fraction of sp³-hybridized carbons (Fsp3) is 0.188. The first-order valence-corrected chi connectivity index (χ1v) is 7.77. The Morgan fingerprint density at radius 1 is 1.23 bits per heavy atom. The number of carbonyl (C=O) groups is 1. The molecule has 5 nitrogen and oxygen atoms in total. The molecule has 0 aromatic carbocycles. The summed E-state index contributed by atoms with van der Waals surface area (Å²) in [6.45, 7) is 5.81. The van der Waals surface area contributed by atoms with Crippen LogP contribution in [0.15, 0.2) is 36.0 Å². The third-order valence-electron chi connectivity index (χ3n) is 3.53. The number of anilines is 1. The molecule has 1 amide bonds. The zero-order chi connectivity index (χ0) is 15.7. The van der Waals surface area contributed by atoms with Crippen LogP contribution in [0.1, 0.15) is 27.3 Å². The minimum Gasteiger partial charge on any atom is -0.306 e. The summed E-state index contributed by atoms with van der Waals surface area (Å²) in [6.07, 6.45) is 3.43. The number of rotatable bonds is 3. The number of nitrogens with zero attached hydrogens (tertiary/aromatic N) is 3. The Morgan fingerprint density at radius 3 is 2.73 bits per heavy atom. The van der Waals surface area contributed by atoms with Crippen LogP contribution in [0.3, 0.4) is 0 Å². The summed E-state index contributed by atoms with van der Waals surface area (Å²) in [5.74, 6) is 0.434. The van der Waals surface area contributed by atoms with Gasteiger partial charge in [-0.05, 0) is 38.5 Å². The van der Waals surface area contributed by atoms with Crippen molar-refractivity contribution in [3.05, 3.63) is 58.5 Å². The normalized spacial score (nSPS) is 10.7. The van der Waals surface area contributed by atoms with Crippen LogP contribution < -0.4 is 5.32 Å². The second kappa shape index (κ2) is 5.73. The Kier molecular flexibility index (Phi) is 3.77. The maximum Gasteiger partial charge on any atom is 0.258 e. The van der Waals surface area contributed by atoms with E-state index in [1.165, 1.54) is 0 Å². The van der Waals surface area contributed by atoms with E-state index in [-0.39, 0.29) is 5.91 Å². The molecule has 0 radical (unpaired) electrons. The minimum atomic E-state index is -0.155. The third kappa shape index (κ3) is 2.53. The van der Waals surface area contributed by atoms with Crippen LogP contribution in [0.25, 0.3) is 5.13 Å². The van der Waals surface area contributed by atoms with Gasteiger partial charge in [0.25, 0.3) is 5.91 Å². The molecule has 0 saturated carbocycles. The predicted molar refractivity (Wildman–Crippen MR) is 87.8 cm³/mol. The molecule has 0 spiro atoms. The average Bonchev–Trinajstić information content (AvgIpc) is 3.09. The Labute approximate surface area is 132 Å². The van der Waals surface area contributed by atoms with Gasteiger partial charge in [0.15, 0.2) is 5.13 Å². The Balaban J connectivity index is 1.94. The molecule has 3 aromatic rings. The molecule has 112 valence electrons. The zero-order valence-electron chi connectivity index (χ0n) is 12.6. The van der Waals surface area contributed by atoms with Crippen molar-refractivity contribution < 1.29 is 4.79 Å². The van der Waals surface area contributed by atoms with Crippen molar-refractivity contribution in [1.82, 2.24) is 14.5 Å². The molecule has 0 fully saturated rings. The Bertz CT molecular complexity index is 821. The zero-order valence-corrected chi connectivity index (χ0v) is 13.4. The summed E-state index contributed by atoms with van der Waals surface area (Å²) in [7, 11) is 0. The number of amides is 1. The molecule has 0 saturated heterocycles. The smallest absolute Gasteiger partial charge is 0.258 e. The molecule has 3 heterocycles. The van der Waals surface area contributed by atoms with Crippen LogP contribution in [0, 0.1) is 20.8 Å². The number of pyridine rings is 1. The summed E-state index contributed by atoms with van der Waals surface area (Å²) in [4.78, 5) is 21.1. The van der Waals surface area contributed by atoms with E-state index in [1.54, 1.807) is 23.7 Å². The molecular formula is C16H16N4OS. The van der Waals surface area contributed by atoms with Gasteiger partial charge in [0.2, 0.25) is 0 Å². The van der Waals surface area contributed by atoms with Crippen LogP contribution >= 0.6 is 11.3 Å². The molecule has 1 N–H and O–H groups in total. The summed E-state index contributed by atoms with van der Waals surface area (Å²) in [5, 5.41) is 5.66. The average molecular weight is 312 g/mol. The molecule has 0 atom stereocenters. The van der Waals surface area contributed by atoms with E-state index in [1.807, 2.05) is 48.9 Å². The second-order valence-corrected chi connectivity index (χ2v) is 5.93. The summed E-state index contributed by atoms with van der Waals surface area (Å²) in [5.41, 5.74) is 3.43. The van der Waals surface area contributed by atoms with Crippen molar-refractivity contribution in [1.29, 1.82) is 0 Å². The first kappa shape index (κ1) is 14.5. The highest BCUT2D eigenvalue weighted by atomic mass is 32.1. The minimum absolute atomic E-state index is 0.155. The van der Waals surface area contributed by atoms with Crippen molar-refractivity contribution in [2.45, 2.75) is 20.8 Å². The van der Waals surface area contributed by atoms with Gasteiger partial charge in [-0.2, -0.15) is 0 Å². The lowest BCUT2D eigenvalue weighted by Crippen LogP contribution is -2.14. The quantitative estimate of drug-likeness (QED) is 0.805. The van der Waals surface area contributed by atoms with E-state index in [4.69, 9.17) is 0 Å². The predicted octanol–water partition coefficient (Wildman–Crippen LogP) is 3.51. The van der Waals surface area contributed by atoms with Crippen LogP contribution in [0.5, 0.6) is 0 Å². The number of aromatic nitrogens is 3. The number of thiazole rings is 1. The third-order valence-corrected chi connectivity index (χ3v) is 4.28. The van der Waals surface area contributed by atoms with Gasteiger partial charge in [-0.3, -0.25) is 9.36 Å². The van der Waals surface area contributed by atoms with Gasteiger partial charge >= 0.3 is 0 Å². The lowest BCUT2D eigenvalue weighted by molar-refractivity contribution is 0.102. The van der Waals surface area contributed by atoms with Gasteiger partial charge in [0, 0.05) is 29.2 Å². The van der Waals surface area contributed by atoms with E-state index >= 15 is 0 Å². The van der Waals surface area contributed by atoms with E-state index < -0.39 is 0 Å². The first-order chi connectivity index (χ1) is 10.6. The number of aryl methyl sites for hydroxylation is 2. The molecule has 0 aliphatic carbocycles. The van der Waals surface area contributed by atoms with Gasteiger partial charge in [0.05, 0.1) is 5.56 Å². The maximum absolute atomic E-state index is 12.5. The van der Waals surface area contributed by atoms with Gasteiger partial charge in [-0.25, -0.2) is 9.97 Å². The highest BCUT2D eigenvalue weighted by Crippen LogP contribution is 2.23. The van der Waals surface area contributed by atoms with Crippen molar-refractivity contribution >= 4 is 23.1 Å². The van der Waals surface area contributed by atoms with E-state index in [0.717, 1.165) is 22.1 Å². The largest absolute Gasteiger partial charge is 0.306 e. The van der Waals surface area contributed by atoms with Crippen molar-refractivity contribution in [2.24, 2.45) is 0 Å². The molecule has 3 rings (SSSR count). The molecule has 3 aromatic heterocycles. The van der Waals surface area contributed by atoms with Gasteiger partial charge in [0.1, 0.15) is 5.82 Å². The monoisotopic (exact) mass is 312 g/mol. The van der Waals surface area contributed by atoms with Crippen LogP contribution in [-0.4, -0.2) is 20.4 Å². The highest BCUT2D eigenvalue weighted by molar-refractivity contribution is 7.12. The number of hydrogen-bond acceptors (Lipinski definition) is 4. The fourth-order valence-corrected chi connectivity index (χ4v) is 3.16. The van der Waals surface area contributed by atoms with Crippen LogP contribution in [0.4, 0.5) is 5.82 Å². The van der Waals surface area contributed by atoms with Crippen LogP contribution in [0.2, 0.25) is 0 Å². The SMILES string of the molecule is Cc1cccnc1NC(=O)c1cc(C)n(-c2nccs2)c1C. The fourth-order valence-electron chi connectivity index (χ4n) is 2.40. The topological polar surface area (TPSA) is 59.8 Å². The van der Waals surface area contributed by atoms with Gasteiger partial charge in [-0.15, -0.1) is 11.3 Å². The van der Waals surface area contributed by atoms with E-state index in [9.17, 15) is 4.79 Å². The van der Waals surface area contributed by atoms with Crippen LogP contribution in [-0.2, 0) is 0 Å². The van der Waals surface area contributed by atoms with E-state index in [0.29, 0.717) is 11.4 Å². The molecule has 0 aliphatic heterocycles. The molecule has 0 aliphatic rings. The van der Waals surface area contributed by atoms with Gasteiger partial charge in [-0.1, -0.05) is 6.07 Å². The number of carbonyl (C=O) groups excluding carboxylic acids is 1. The summed E-state index contributed by atoms with van der Waals surface area (Å²) < 4.78 is 1.99. The first-order valence-electron chi connectivity index (χ1n) is 6.89. The molecular weight excluding hydrogens is 296 g/mol.